The first-order valence-corrected chi connectivity index (χ1v) is 32.0. The highest BCUT2D eigenvalue weighted by molar-refractivity contribution is 5.65. The molecule has 92 heavy (non-hydrogen) atoms. The van der Waals surface area contributed by atoms with Crippen molar-refractivity contribution in [3.8, 4) is 56.3 Å². The zero-order chi connectivity index (χ0) is 80.9. The topological polar surface area (TPSA) is 19.4 Å². The number of aromatic nitrogens is 5. The van der Waals surface area contributed by atoms with Gasteiger partial charge in [-0.15, -0.1) is 0 Å². The third-order valence-electron chi connectivity index (χ3n) is 15.6. The van der Waals surface area contributed by atoms with Crippen LogP contribution in [0.4, 0.5) is 0 Å². The van der Waals surface area contributed by atoms with Crippen LogP contribution in [0.2, 0.25) is 0 Å². The Morgan fingerprint density at radius 1 is 0.337 bits per heavy atom. The first kappa shape index (κ1) is 53.4. The molecule has 0 aliphatic carbocycles. The molecule has 5 nitrogen and oxygen atoms in total. The molecule has 0 aliphatic heterocycles. The van der Waals surface area contributed by atoms with E-state index in [4.69, 9.17) is 20.6 Å². The Bertz CT molecular complexity index is 4750. The number of hydrogen-bond acceptors (Lipinski definition) is 0. The molecule has 0 bridgehead atoms. The molecule has 10 aromatic rings. The van der Waals surface area contributed by atoms with Crippen molar-refractivity contribution >= 4 is 0 Å². The maximum Gasteiger partial charge on any atom is 0.212 e. The van der Waals surface area contributed by atoms with E-state index < -0.39 is 50.5 Å². The molecule has 0 saturated heterocycles. The quantitative estimate of drug-likeness (QED) is 0.128. The molecule has 0 radical (unpaired) electrons. The minimum absolute atomic E-state index is 0.0492. The number of nitrogens with zero attached hydrogens (tertiary/aromatic N) is 5. The monoisotopic (exact) mass is 1240 g/mol. The van der Waals surface area contributed by atoms with Crippen LogP contribution in [0.25, 0.3) is 56.3 Å². The van der Waals surface area contributed by atoms with Gasteiger partial charge in [-0.2, -0.15) is 0 Å². The summed E-state index contributed by atoms with van der Waals surface area (Å²) in [5.74, 6) is -0.0492. The van der Waals surface area contributed by atoms with Gasteiger partial charge in [0, 0.05) is 107 Å². The predicted molar refractivity (Wildman–Crippen MR) is 391 cm³/mol. The molecule has 0 atom stereocenters. The molecule has 0 saturated carbocycles. The maximum absolute atomic E-state index is 8.42. The van der Waals surface area contributed by atoms with Crippen LogP contribution in [0, 0.1) is 78.8 Å². The summed E-state index contributed by atoms with van der Waals surface area (Å²) in [6.07, 6.45) is 5.36. The Kier molecular flexibility index (Phi) is 18.5. The van der Waals surface area contributed by atoms with Crippen molar-refractivity contribution in [2.24, 2.45) is 52.0 Å². The number of pyridine rings is 5. The molecular weight excluding hydrogens is 1110 g/mol. The van der Waals surface area contributed by atoms with Crippen LogP contribution in [-0.4, -0.2) is 0 Å². The zero-order valence-electron chi connectivity index (χ0n) is 74.3. The van der Waals surface area contributed by atoms with Crippen LogP contribution < -0.4 is 22.8 Å². The molecule has 0 N–H and O–H groups in total. The number of rotatable bonds is 9. The van der Waals surface area contributed by atoms with Crippen molar-refractivity contribution in [2.75, 3.05) is 0 Å². The maximum atomic E-state index is 8.42. The molecule has 0 amide bonds. The largest absolute Gasteiger partial charge is 0.212 e. The molecule has 0 unspecified atom stereocenters. The number of benzene rings is 5. The van der Waals surface area contributed by atoms with E-state index in [1.807, 2.05) is 195 Å². The number of aryl methyl sites for hydroxylation is 14. The summed E-state index contributed by atoms with van der Waals surface area (Å²) in [7, 11) is 9.75. The second-order valence-corrected chi connectivity index (χ2v) is 27.8. The lowest BCUT2D eigenvalue weighted by Gasteiger charge is -2.17. The third kappa shape index (κ3) is 21.2. The molecule has 0 spiro atoms. The van der Waals surface area contributed by atoms with Crippen molar-refractivity contribution in [2.45, 2.75) is 163 Å². The van der Waals surface area contributed by atoms with E-state index in [0.29, 0.717) is 27.8 Å². The van der Waals surface area contributed by atoms with E-state index >= 15 is 0 Å². The predicted octanol–water partition coefficient (Wildman–Crippen LogP) is 19.3. The van der Waals surface area contributed by atoms with E-state index in [0.717, 1.165) is 56.2 Å². The van der Waals surface area contributed by atoms with Gasteiger partial charge in [0.25, 0.3) is 0 Å². The van der Waals surface area contributed by atoms with Gasteiger partial charge in [0.15, 0.2) is 31.0 Å². The molecule has 0 fully saturated rings. The lowest BCUT2D eigenvalue weighted by atomic mass is 9.88. The highest BCUT2D eigenvalue weighted by Gasteiger charge is 2.22. The Morgan fingerprint density at radius 3 is 1.02 bits per heavy atom. The summed E-state index contributed by atoms with van der Waals surface area (Å²) >= 11 is 0. The Labute approximate surface area is 579 Å². The second kappa shape index (κ2) is 31.9. The van der Waals surface area contributed by atoms with Crippen LogP contribution >= 0.6 is 0 Å². The van der Waals surface area contributed by atoms with Crippen molar-refractivity contribution < 1.29 is 43.4 Å². The standard InChI is InChI=1S/C19H26N.C18H24N.2C17H22N.C16H20N/c1-14-7-9-17(15(2)11-14)18-10-8-16(13-20(18)6)12-19(3,4)5;1-14-8-6-7-9-16(14)17-11-10-15(13-19(17)5)12-18(2,3)4;1-13-8-6-7-9-15(13)16-11-10-14(12-18(16)5)17(2,3)4;1-13(2)11-15-9-10-17(18(4)12-15)16-8-6-5-7-14(16)3;1-11-6-7-15(13(3)8-11)16-9-12(2)14(4)10-17(16)5/h7-11,13H,12H2,1-6H3;6-11,13H,12H2,1-5H3;6-12H,1-5H3;5-10,12-13H,11H2,1-4H3;6-10H,1-5H3/q5*+1/i1D3,12D2;12D2;;11D2;1D3,4D3. The molecular formula is C87H114N5+5. The fourth-order valence-electron chi connectivity index (χ4n) is 10.9. The lowest BCUT2D eigenvalue weighted by Crippen LogP contribution is -2.33. The molecule has 482 valence electrons. The van der Waals surface area contributed by atoms with E-state index in [2.05, 4.69) is 120 Å². The first-order valence-electron chi connectivity index (χ1n) is 39.5. The van der Waals surface area contributed by atoms with Gasteiger partial charge in [-0.05, 0) is 191 Å². The van der Waals surface area contributed by atoms with Gasteiger partial charge in [-0.25, -0.2) is 22.8 Å². The van der Waals surface area contributed by atoms with E-state index in [1.54, 1.807) is 55.1 Å². The van der Waals surface area contributed by atoms with Crippen molar-refractivity contribution in [3.63, 3.8) is 0 Å². The highest BCUT2D eigenvalue weighted by atomic mass is 14.9. The lowest BCUT2D eigenvalue weighted by molar-refractivity contribution is -0.661. The minimum atomic E-state index is -2.15. The fraction of sp³-hybridized carbons (Fsp3) is 0.368. The molecule has 0 aliphatic rings. The van der Waals surface area contributed by atoms with Crippen LogP contribution in [0.15, 0.2) is 195 Å². The third-order valence-corrected chi connectivity index (χ3v) is 15.6. The van der Waals surface area contributed by atoms with E-state index in [9.17, 15) is 0 Å². The minimum Gasteiger partial charge on any atom is -0.201 e. The Morgan fingerprint density at radius 2 is 0.685 bits per heavy atom. The average Bonchev–Trinajstić information content (AvgIpc) is 0.792. The van der Waals surface area contributed by atoms with Gasteiger partial charge in [-0.1, -0.05) is 166 Å². The van der Waals surface area contributed by atoms with Gasteiger partial charge in [0.2, 0.25) is 28.5 Å². The van der Waals surface area contributed by atoms with Gasteiger partial charge in [0.1, 0.15) is 35.2 Å². The Balaban J connectivity index is 0.000000210. The van der Waals surface area contributed by atoms with Gasteiger partial charge < -0.3 is 0 Å². The van der Waals surface area contributed by atoms with Crippen LogP contribution in [0.5, 0.6) is 0 Å². The smallest absolute Gasteiger partial charge is 0.201 e. The average molecular weight is 1240 g/mol. The first-order chi connectivity index (χ1) is 49.0. The van der Waals surface area contributed by atoms with Crippen LogP contribution in [0.1, 0.15) is 169 Å². The molecule has 10 rings (SSSR count). The van der Waals surface area contributed by atoms with Gasteiger partial charge >= 0.3 is 0 Å². The van der Waals surface area contributed by atoms with Crippen molar-refractivity contribution in [1.82, 2.24) is 0 Å². The zero-order valence-corrected chi connectivity index (χ0v) is 59.3. The summed E-state index contributed by atoms with van der Waals surface area (Å²) in [5, 5.41) is 0. The van der Waals surface area contributed by atoms with E-state index in [-0.39, 0.29) is 11.3 Å². The van der Waals surface area contributed by atoms with Crippen LogP contribution in [-0.2, 0) is 59.8 Å². The van der Waals surface area contributed by atoms with Crippen LogP contribution in [0.3, 0.4) is 0 Å². The summed E-state index contributed by atoms with van der Waals surface area (Å²) in [6.45, 7) is 27.5. The number of hydrogen-bond donors (Lipinski definition) is 0. The summed E-state index contributed by atoms with van der Waals surface area (Å²) in [5.41, 5.74) is 20.6. The van der Waals surface area contributed by atoms with Gasteiger partial charge in [-0.3, -0.25) is 0 Å². The van der Waals surface area contributed by atoms with Crippen molar-refractivity contribution in [1.29, 1.82) is 0 Å². The molecule has 5 aromatic heterocycles. The highest BCUT2D eigenvalue weighted by Crippen LogP contribution is 2.29. The molecule has 5 heterocycles. The fourth-order valence-corrected chi connectivity index (χ4v) is 10.9. The van der Waals surface area contributed by atoms with Crippen molar-refractivity contribution in [3.05, 3.63) is 267 Å². The second-order valence-electron chi connectivity index (χ2n) is 27.8. The van der Waals surface area contributed by atoms with E-state index in [1.165, 1.54) is 44.6 Å². The van der Waals surface area contributed by atoms with Gasteiger partial charge in [0.05, 0.1) is 0 Å². The SMILES string of the molecule is Cc1ccccc1-c1ccc(C(C)(C)C)c[n+]1C.[2H]C([2H])([2H])c1ccc(-c2cc(C)c(C([2H])([2H])[2H])c[n+]2C)c(C)c1.[2H]C([2H])([2H])c1ccc(-c2ccc(C([2H])([2H])C(C)(C)C)c[n+]2C)c(C)c1.[2H]C([2H])(c1ccc(-c2ccccc2C)[n+](C)c1)C(C)(C)C.[2H]C([2H])(c1ccc(-c2ccccc2C)[n+](C)c1)C(C)C. The molecule has 5 heteroatoms. The summed E-state index contributed by atoms with van der Waals surface area (Å²) in [4.78, 5) is 0. The Hall–Kier alpha value is -8.15. The molecule has 5 aromatic carbocycles. The normalized spacial score (nSPS) is 14.6. The summed E-state index contributed by atoms with van der Waals surface area (Å²) < 4.78 is 128. The summed E-state index contributed by atoms with van der Waals surface area (Å²) in [6, 6.07) is 53.1.